The van der Waals surface area contributed by atoms with Crippen molar-refractivity contribution in [1.29, 1.82) is 0 Å². The number of ketones is 1. The van der Waals surface area contributed by atoms with Crippen LogP contribution in [0.1, 0.15) is 28.4 Å². The molecular weight excluding hydrogens is 462 g/mol. The van der Waals surface area contributed by atoms with Crippen LogP contribution in [0.2, 0.25) is 0 Å². The van der Waals surface area contributed by atoms with Crippen LogP contribution in [0.4, 0.5) is 5.69 Å². The zero-order valence-corrected chi connectivity index (χ0v) is 20.3. The number of carbonyl (C=O) groups excluding carboxylic acids is 2. The first kappa shape index (κ1) is 22.9. The van der Waals surface area contributed by atoms with Crippen LogP contribution in [0, 0.1) is 13.8 Å². The Labute approximate surface area is 206 Å². The molecule has 4 aromatic rings. The Hall–Kier alpha value is -3.91. The van der Waals surface area contributed by atoms with Gasteiger partial charge >= 0.3 is 0 Å². The van der Waals surface area contributed by atoms with E-state index in [1.54, 1.807) is 41.8 Å². The van der Waals surface area contributed by atoms with Crippen LogP contribution in [0.5, 0.6) is 5.75 Å². The highest BCUT2D eigenvalue weighted by Crippen LogP contribution is 2.32. The summed E-state index contributed by atoms with van der Waals surface area (Å²) in [6, 6.07) is 18.1. The second-order valence-corrected chi connectivity index (χ2v) is 9.77. The van der Waals surface area contributed by atoms with E-state index in [-0.39, 0.29) is 23.9 Å². The van der Waals surface area contributed by atoms with Crippen LogP contribution in [-0.4, -0.2) is 33.1 Å². The summed E-state index contributed by atoms with van der Waals surface area (Å²) in [5.74, 6) is 0.122. The lowest BCUT2D eigenvalue weighted by Gasteiger charge is -2.20. The van der Waals surface area contributed by atoms with Crippen LogP contribution in [-0.2, 0) is 4.79 Å². The van der Waals surface area contributed by atoms with Crippen LogP contribution >= 0.6 is 11.8 Å². The molecule has 0 aliphatic carbocycles. The number of para-hydroxylation sites is 2. The molecule has 0 saturated carbocycles. The number of aromatic nitrogens is 2. The Balaban J connectivity index is 1.57. The Morgan fingerprint density at radius 1 is 1.06 bits per heavy atom. The molecule has 5 rings (SSSR count). The number of thioether (sulfide) groups is 1. The summed E-state index contributed by atoms with van der Waals surface area (Å²) in [5.41, 5.74) is 3.97. The molecule has 1 aliphatic heterocycles. The molecule has 1 aromatic heterocycles. The number of carbonyl (C=O) groups is 2. The molecule has 7 nitrogen and oxygen atoms in total. The predicted molar refractivity (Wildman–Crippen MR) is 137 cm³/mol. The van der Waals surface area contributed by atoms with Crippen LogP contribution < -0.4 is 15.6 Å². The molecule has 0 radical (unpaired) electrons. The number of nitrogens with zero attached hydrogens (tertiary/aromatic N) is 2. The SMILES string of the molecule is Cc1cccc(C)c1-n1c(SC(C)C(=O)c2ccc3c(c2)NC(=O)CO3)nc2ccccc2c1=O. The lowest BCUT2D eigenvalue weighted by Crippen LogP contribution is -2.26. The highest BCUT2D eigenvalue weighted by Gasteiger charge is 2.24. The van der Waals surface area contributed by atoms with Crippen molar-refractivity contribution in [3.8, 4) is 11.4 Å². The predicted octanol–water partition coefficient (Wildman–Crippen LogP) is 4.70. The van der Waals surface area contributed by atoms with Gasteiger partial charge in [-0.1, -0.05) is 42.1 Å². The zero-order chi connectivity index (χ0) is 24.7. The van der Waals surface area contributed by atoms with E-state index in [2.05, 4.69) is 5.32 Å². The molecule has 1 aliphatic rings. The van der Waals surface area contributed by atoms with Gasteiger partial charge in [0.2, 0.25) is 0 Å². The lowest BCUT2D eigenvalue weighted by atomic mass is 10.1. The number of nitrogens with one attached hydrogen (secondary N) is 1. The average molecular weight is 486 g/mol. The van der Waals surface area contributed by atoms with Gasteiger partial charge in [0.1, 0.15) is 5.75 Å². The molecular formula is C27H23N3O4S. The van der Waals surface area contributed by atoms with Crippen molar-refractivity contribution >= 4 is 40.0 Å². The standard InChI is InChI=1S/C27H23N3O4S/c1-15-7-6-8-16(2)24(15)30-26(33)19-9-4-5-10-20(19)29-27(30)35-17(3)25(32)18-11-12-22-21(13-18)28-23(31)14-34-22/h4-13,17H,14H2,1-3H3,(H,28,31). The average Bonchev–Trinajstić information content (AvgIpc) is 2.84. The van der Waals surface area contributed by atoms with Crippen molar-refractivity contribution in [1.82, 2.24) is 9.55 Å². The first-order chi connectivity index (χ1) is 16.8. The fourth-order valence-corrected chi connectivity index (χ4v) is 5.22. The summed E-state index contributed by atoms with van der Waals surface area (Å²) in [5, 5.41) is 3.15. The number of rotatable bonds is 5. The third-order valence-electron chi connectivity index (χ3n) is 5.96. The molecule has 35 heavy (non-hydrogen) atoms. The van der Waals surface area contributed by atoms with Gasteiger partial charge in [0.05, 0.1) is 27.5 Å². The van der Waals surface area contributed by atoms with Gasteiger partial charge in [0, 0.05) is 5.56 Å². The topological polar surface area (TPSA) is 90.3 Å². The number of hydrogen-bond acceptors (Lipinski definition) is 6. The second kappa shape index (κ2) is 9.03. The number of aryl methyl sites for hydroxylation is 2. The van der Waals surface area contributed by atoms with Gasteiger partial charge in [-0.15, -0.1) is 0 Å². The lowest BCUT2D eigenvalue weighted by molar-refractivity contribution is -0.118. The third-order valence-corrected chi connectivity index (χ3v) is 7.01. The van der Waals surface area contributed by atoms with Crippen molar-refractivity contribution < 1.29 is 14.3 Å². The minimum atomic E-state index is -0.545. The van der Waals surface area contributed by atoms with Gasteiger partial charge < -0.3 is 10.1 Å². The Morgan fingerprint density at radius 2 is 1.80 bits per heavy atom. The fourth-order valence-electron chi connectivity index (χ4n) is 4.23. The molecule has 1 unspecified atom stereocenters. The maximum atomic E-state index is 13.6. The quantitative estimate of drug-likeness (QED) is 0.250. The van der Waals surface area contributed by atoms with Gasteiger partial charge in [0.25, 0.3) is 11.5 Å². The van der Waals surface area contributed by atoms with E-state index in [1.165, 1.54) is 11.8 Å². The number of ether oxygens (including phenoxy) is 1. The Morgan fingerprint density at radius 3 is 2.57 bits per heavy atom. The molecule has 1 atom stereocenters. The van der Waals surface area contributed by atoms with Gasteiger partial charge in [0.15, 0.2) is 17.5 Å². The Kier molecular flexibility index (Phi) is 5.90. The van der Waals surface area contributed by atoms with E-state index in [0.717, 1.165) is 16.8 Å². The minimum Gasteiger partial charge on any atom is -0.482 e. The normalized spacial score (nSPS) is 13.6. The number of fused-ring (bicyclic) bond motifs is 2. The molecule has 3 aromatic carbocycles. The molecule has 1 N–H and O–H groups in total. The van der Waals surface area contributed by atoms with E-state index < -0.39 is 5.25 Å². The first-order valence-corrected chi connectivity index (χ1v) is 12.1. The summed E-state index contributed by atoms with van der Waals surface area (Å²) in [6.07, 6.45) is 0. The summed E-state index contributed by atoms with van der Waals surface area (Å²) < 4.78 is 7.00. The Bertz CT molecular complexity index is 1540. The van der Waals surface area contributed by atoms with E-state index >= 15 is 0 Å². The van der Waals surface area contributed by atoms with Gasteiger partial charge in [-0.05, 0) is 62.2 Å². The van der Waals surface area contributed by atoms with Crippen molar-refractivity contribution in [2.24, 2.45) is 0 Å². The van der Waals surface area contributed by atoms with E-state index in [4.69, 9.17) is 9.72 Å². The van der Waals surface area contributed by atoms with E-state index in [9.17, 15) is 14.4 Å². The number of hydrogen-bond donors (Lipinski definition) is 1. The largest absolute Gasteiger partial charge is 0.482 e. The molecule has 0 saturated heterocycles. The molecule has 0 spiro atoms. The van der Waals surface area contributed by atoms with Crippen molar-refractivity contribution in [3.05, 3.63) is 87.7 Å². The summed E-state index contributed by atoms with van der Waals surface area (Å²) in [4.78, 5) is 43.5. The molecule has 0 fully saturated rings. The first-order valence-electron chi connectivity index (χ1n) is 11.2. The molecule has 1 amide bonds. The van der Waals surface area contributed by atoms with Crippen LogP contribution in [0.25, 0.3) is 16.6 Å². The molecule has 0 bridgehead atoms. The molecule has 8 heteroatoms. The fraction of sp³-hybridized carbons (Fsp3) is 0.185. The van der Waals surface area contributed by atoms with Crippen molar-refractivity contribution in [2.75, 3.05) is 11.9 Å². The number of amides is 1. The molecule has 176 valence electrons. The number of Topliss-reactive ketones (excluding diaryl/α,β-unsaturated/α-hetero) is 1. The minimum absolute atomic E-state index is 0.0456. The van der Waals surface area contributed by atoms with Gasteiger partial charge in [-0.2, -0.15) is 0 Å². The molecule has 2 heterocycles. The van der Waals surface area contributed by atoms with Gasteiger partial charge in [-0.25, -0.2) is 4.98 Å². The highest BCUT2D eigenvalue weighted by atomic mass is 32.2. The summed E-state index contributed by atoms with van der Waals surface area (Å²) >= 11 is 1.24. The van der Waals surface area contributed by atoms with Crippen molar-refractivity contribution in [2.45, 2.75) is 31.2 Å². The maximum absolute atomic E-state index is 13.6. The van der Waals surface area contributed by atoms with Gasteiger partial charge in [-0.3, -0.25) is 19.0 Å². The zero-order valence-electron chi connectivity index (χ0n) is 19.5. The maximum Gasteiger partial charge on any atom is 0.266 e. The second-order valence-electron chi connectivity index (χ2n) is 8.46. The monoisotopic (exact) mass is 485 g/mol. The smallest absolute Gasteiger partial charge is 0.266 e. The summed E-state index contributed by atoms with van der Waals surface area (Å²) in [7, 11) is 0. The van der Waals surface area contributed by atoms with Crippen molar-refractivity contribution in [3.63, 3.8) is 0 Å². The van der Waals surface area contributed by atoms with E-state index in [0.29, 0.717) is 33.1 Å². The van der Waals surface area contributed by atoms with Crippen LogP contribution in [0.15, 0.2) is 70.6 Å². The number of benzene rings is 3. The highest BCUT2D eigenvalue weighted by molar-refractivity contribution is 8.00. The summed E-state index contributed by atoms with van der Waals surface area (Å²) in [6.45, 7) is 5.65. The van der Waals surface area contributed by atoms with E-state index in [1.807, 2.05) is 44.2 Å². The third kappa shape index (κ3) is 4.21. The van der Waals surface area contributed by atoms with Crippen LogP contribution in [0.3, 0.4) is 0 Å². The number of anilines is 1.